The van der Waals surface area contributed by atoms with Crippen LogP contribution in [0.5, 0.6) is 0 Å². The highest BCUT2D eigenvalue weighted by Gasteiger charge is 2.12. The molecule has 2 amide bonds. The Morgan fingerprint density at radius 2 is 1.83 bits per heavy atom. The van der Waals surface area contributed by atoms with Gasteiger partial charge in [0.25, 0.3) is 5.89 Å². The fourth-order valence-corrected chi connectivity index (χ4v) is 2.83. The molecule has 0 saturated carbocycles. The van der Waals surface area contributed by atoms with Gasteiger partial charge in [0.2, 0.25) is 5.82 Å². The van der Waals surface area contributed by atoms with Gasteiger partial charge in [0.15, 0.2) is 0 Å². The van der Waals surface area contributed by atoms with Crippen LogP contribution in [0.3, 0.4) is 0 Å². The predicted octanol–water partition coefficient (Wildman–Crippen LogP) is 4.32. The van der Waals surface area contributed by atoms with E-state index < -0.39 is 0 Å². The molecule has 0 aliphatic rings. The van der Waals surface area contributed by atoms with Crippen molar-refractivity contribution in [3.8, 4) is 34.1 Å². The van der Waals surface area contributed by atoms with Crippen molar-refractivity contribution in [1.82, 2.24) is 25.7 Å². The summed E-state index contributed by atoms with van der Waals surface area (Å²) >= 11 is 0. The van der Waals surface area contributed by atoms with Crippen LogP contribution in [0.25, 0.3) is 34.1 Å². The average Bonchev–Trinajstić information content (AvgIpc) is 3.40. The third-order valence-corrected chi connectivity index (χ3v) is 4.17. The molecule has 146 valence electrons. The highest BCUT2D eigenvalue weighted by atomic mass is 16.5. The Labute approximate surface area is 167 Å². The second-order valence-corrected chi connectivity index (χ2v) is 6.80. The van der Waals surface area contributed by atoms with Gasteiger partial charge in [-0.3, -0.25) is 5.10 Å². The molecule has 0 saturated heterocycles. The van der Waals surface area contributed by atoms with Crippen molar-refractivity contribution < 1.29 is 9.32 Å². The van der Waals surface area contributed by atoms with Gasteiger partial charge >= 0.3 is 6.03 Å². The second-order valence-electron chi connectivity index (χ2n) is 6.80. The van der Waals surface area contributed by atoms with E-state index in [1.165, 1.54) is 0 Å². The standard InChI is InChI=1S/C21H20N6O2/c1-13(2)23-21(28)24-17-5-3-4-16(12-17)20-25-19(27-29-20)15-8-6-14(7-9-15)18-10-11-22-26-18/h3-13H,1-2H3,(H,22,26)(H2,23,24,28). The third kappa shape index (κ3) is 4.32. The predicted molar refractivity (Wildman–Crippen MR) is 110 cm³/mol. The molecule has 29 heavy (non-hydrogen) atoms. The third-order valence-electron chi connectivity index (χ3n) is 4.17. The van der Waals surface area contributed by atoms with Gasteiger partial charge in [-0.2, -0.15) is 10.1 Å². The van der Waals surface area contributed by atoms with Crippen LogP contribution in [0.2, 0.25) is 0 Å². The van der Waals surface area contributed by atoms with Crippen LogP contribution in [0, 0.1) is 0 Å². The minimum atomic E-state index is -0.263. The van der Waals surface area contributed by atoms with Crippen molar-refractivity contribution in [2.24, 2.45) is 0 Å². The summed E-state index contributed by atoms with van der Waals surface area (Å²) in [6, 6.07) is 16.8. The second kappa shape index (κ2) is 7.97. The lowest BCUT2D eigenvalue weighted by Crippen LogP contribution is -2.34. The van der Waals surface area contributed by atoms with Crippen LogP contribution in [0.4, 0.5) is 10.5 Å². The zero-order chi connectivity index (χ0) is 20.2. The Hall–Kier alpha value is -3.94. The number of anilines is 1. The zero-order valence-corrected chi connectivity index (χ0v) is 16.0. The lowest BCUT2D eigenvalue weighted by atomic mass is 10.1. The molecule has 8 heteroatoms. The van der Waals surface area contributed by atoms with Crippen molar-refractivity contribution in [3.05, 3.63) is 60.8 Å². The average molecular weight is 388 g/mol. The number of hydrogen-bond donors (Lipinski definition) is 3. The fourth-order valence-electron chi connectivity index (χ4n) is 2.83. The van der Waals surface area contributed by atoms with Crippen molar-refractivity contribution in [2.75, 3.05) is 5.32 Å². The summed E-state index contributed by atoms with van der Waals surface area (Å²) in [5.41, 5.74) is 4.17. The Morgan fingerprint density at radius 3 is 2.55 bits per heavy atom. The maximum absolute atomic E-state index is 11.9. The number of nitrogens with zero attached hydrogens (tertiary/aromatic N) is 3. The molecule has 0 aliphatic carbocycles. The number of aromatic amines is 1. The molecule has 8 nitrogen and oxygen atoms in total. The number of aromatic nitrogens is 4. The number of H-pyrrole nitrogens is 1. The SMILES string of the molecule is CC(C)NC(=O)Nc1cccc(-c2nc(-c3ccc(-c4ccn[nH]4)cc3)no2)c1. The molecule has 3 N–H and O–H groups in total. The number of amides is 2. The molecular weight excluding hydrogens is 368 g/mol. The van der Waals surface area contributed by atoms with Gasteiger partial charge in [-0.05, 0) is 43.7 Å². The summed E-state index contributed by atoms with van der Waals surface area (Å²) in [5.74, 6) is 0.873. The first kappa shape index (κ1) is 18.4. The normalized spacial score (nSPS) is 10.9. The number of urea groups is 1. The molecule has 2 heterocycles. The lowest BCUT2D eigenvalue weighted by molar-refractivity contribution is 0.250. The molecule has 4 rings (SSSR count). The molecule has 0 spiro atoms. The van der Waals surface area contributed by atoms with Crippen molar-refractivity contribution in [3.63, 3.8) is 0 Å². The van der Waals surface area contributed by atoms with Crippen LogP contribution in [0.1, 0.15) is 13.8 Å². The smallest absolute Gasteiger partial charge is 0.319 e. The van der Waals surface area contributed by atoms with E-state index in [4.69, 9.17) is 4.52 Å². The van der Waals surface area contributed by atoms with Crippen molar-refractivity contribution in [2.45, 2.75) is 19.9 Å². The lowest BCUT2D eigenvalue weighted by Gasteiger charge is -2.10. The van der Waals surface area contributed by atoms with Gasteiger partial charge in [0.1, 0.15) is 0 Å². The molecule has 0 atom stereocenters. The molecule has 0 fully saturated rings. The Morgan fingerprint density at radius 1 is 1.03 bits per heavy atom. The molecular formula is C21H20N6O2. The van der Waals surface area contributed by atoms with Crippen molar-refractivity contribution >= 4 is 11.7 Å². The molecule has 0 radical (unpaired) electrons. The van der Waals surface area contributed by atoms with E-state index >= 15 is 0 Å². The molecule has 0 aliphatic heterocycles. The van der Waals surface area contributed by atoms with E-state index in [-0.39, 0.29) is 12.1 Å². The maximum atomic E-state index is 11.9. The molecule has 4 aromatic rings. The largest absolute Gasteiger partial charge is 0.336 e. The van der Waals surface area contributed by atoms with Crippen molar-refractivity contribution in [1.29, 1.82) is 0 Å². The Balaban J connectivity index is 1.52. The van der Waals surface area contributed by atoms with E-state index in [2.05, 4.69) is 31.0 Å². The number of carbonyl (C=O) groups is 1. The first-order valence-corrected chi connectivity index (χ1v) is 9.20. The van der Waals surface area contributed by atoms with E-state index in [0.29, 0.717) is 17.4 Å². The highest BCUT2D eigenvalue weighted by Crippen LogP contribution is 2.26. The summed E-state index contributed by atoms with van der Waals surface area (Å²) in [6.45, 7) is 3.80. The fraction of sp³-hybridized carbons (Fsp3) is 0.143. The summed E-state index contributed by atoms with van der Waals surface area (Å²) < 4.78 is 5.43. The van der Waals surface area contributed by atoms with E-state index in [9.17, 15) is 4.79 Å². The number of nitrogens with one attached hydrogen (secondary N) is 3. The van der Waals surface area contributed by atoms with Crippen LogP contribution < -0.4 is 10.6 Å². The molecule has 2 aromatic heterocycles. The van der Waals surface area contributed by atoms with Gasteiger partial charge in [0, 0.05) is 29.1 Å². The summed E-state index contributed by atoms with van der Waals surface area (Å²) in [5, 5.41) is 16.5. The number of hydrogen-bond acceptors (Lipinski definition) is 5. The Kier molecular flexibility index (Phi) is 5.07. The monoisotopic (exact) mass is 388 g/mol. The molecule has 0 bridgehead atoms. The summed E-state index contributed by atoms with van der Waals surface area (Å²) in [7, 11) is 0. The van der Waals surface area contributed by atoms with Gasteiger partial charge < -0.3 is 15.2 Å². The first-order valence-electron chi connectivity index (χ1n) is 9.20. The quantitative estimate of drug-likeness (QED) is 0.472. The van der Waals surface area contributed by atoms with Crippen LogP contribution in [0.15, 0.2) is 65.3 Å². The minimum absolute atomic E-state index is 0.0522. The minimum Gasteiger partial charge on any atom is -0.336 e. The number of benzene rings is 2. The van der Waals surface area contributed by atoms with E-state index in [1.54, 1.807) is 18.3 Å². The summed E-state index contributed by atoms with van der Waals surface area (Å²) in [4.78, 5) is 16.4. The van der Waals surface area contributed by atoms with Crippen LogP contribution in [-0.2, 0) is 0 Å². The molecule has 2 aromatic carbocycles. The topological polar surface area (TPSA) is 109 Å². The number of rotatable bonds is 5. The first-order chi connectivity index (χ1) is 14.1. The highest BCUT2D eigenvalue weighted by molar-refractivity contribution is 5.90. The summed E-state index contributed by atoms with van der Waals surface area (Å²) in [6.07, 6.45) is 1.71. The van der Waals surface area contributed by atoms with Crippen LogP contribution in [-0.4, -0.2) is 32.4 Å². The van der Waals surface area contributed by atoms with Gasteiger partial charge in [-0.15, -0.1) is 0 Å². The Bertz CT molecular complexity index is 1100. The van der Waals surface area contributed by atoms with E-state index in [1.807, 2.05) is 56.3 Å². The zero-order valence-electron chi connectivity index (χ0n) is 16.0. The van der Waals surface area contributed by atoms with Gasteiger partial charge in [0.05, 0.1) is 5.69 Å². The van der Waals surface area contributed by atoms with Gasteiger partial charge in [-0.25, -0.2) is 4.79 Å². The van der Waals surface area contributed by atoms with Crippen LogP contribution >= 0.6 is 0 Å². The van der Waals surface area contributed by atoms with E-state index in [0.717, 1.165) is 22.4 Å². The number of carbonyl (C=O) groups excluding carboxylic acids is 1. The molecule has 0 unspecified atom stereocenters. The maximum Gasteiger partial charge on any atom is 0.319 e. The van der Waals surface area contributed by atoms with Gasteiger partial charge in [-0.1, -0.05) is 35.5 Å².